The molecule has 33 heavy (non-hydrogen) atoms. The summed E-state index contributed by atoms with van der Waals surface area (Å²) in [6.45, 7) is 4.21. The quantitative estimate of drug-likeness (QED) is 0.418. The summed E-state index contributed by atoms with van der Waals surface area (Å²) in [5.41, 5.74) is 10.6. The molecule has 0 aliphatic heterocycles. The smallest absolute Gasteiger partial charge is 0.407 e. The molecule has 0 fully saturated rings. The summed E-state index contributed by atoms with van der Waals surface area (Å²) in [4.78, 5) is 30.2. The van der Waals surface area contributed by atoms with Gasteiger partial charge in [-0.2, -0.15) is 5.10 Å². The largest absolute Gasteiger partial charge is 0.446 e. The Balaban J connectivity index is 1.31. The number of nitrogens with two attached hydrogens (primary N) is 1. The monoisotopic (exact) mass is 468 g/mol. The molecule has 0 saturated carbocycles. The van der Waals surface area contributed by atoms with E-state index in [0.29, 0.717) is 42.9 Å². The number of carbonyl (C=O) groups excluding carboxylic acids is 2. The molecule has 2 atom stereocenters. The van der Waals surface area contributed by atoms with Crippen molar-refractivity contribution in [2.24, 2.45) is 0 Å². The molecule has 3 aromatic rings. The van der Waals surface area contributed by atoms with Gasteiger partial charge in [-0.3, -0.25) is 14.9 Å². The van der Waals surface area contributed by atoms with Crippen LogP contribution in [0.1, 0.15) is 53.1 Å². The lowest BCUT2D eigenvalue weighted by molar-refractivity contribution is -0.116. The molecule has 0 saturated heterocycles. The fourth-order valence-electron chi connectivity index (χ4n) is 3.92. The molecule has 5 N–H and O–H groups in total. The van der Waals surface area contributed by atoms with Crippen molar-refractivity contribution < 1.29 is 14.3 Å². The summed E-state index contributed by atoms with van der Waals surface area (Å²) in [7, 11) is 0. The van der Waals surface area contributed by atoms with Gasteiger partial charge in [-0.15, -0.1) is 11.3 Å². The van der Waals surface area contributed by atoms with Crippen molar-refractivity contribution in [1.82, 2.24) is 20.5 Å². The zero-order valence-corrected chi connectivity index (χ0v) is 19.5. The molecule has 0 aromatic carbocycles. The molecule has 3 heterocycles. The van der Waals surface area contributed by atoms with Crippen molar-refractivity contribution >= 4 is 34.0 Å². The number of aromatic amines is 1. The number of H-pyrrole nitrogens is 1. The highest BCUT2D eigenvalue weighted by Crippen LogP contribution is 2.41. The molecular weight excluding hydrogens is 440 g/mol. The van der Waals surface area contributed by atoms with Gasteiger partial charge in [-0.1, -0.05) is 13.0 Å². The summed E-state index contributed by atoms with van der Waals surface area (Å²) in [5.74, 6) is -0.0932. The Labute approximate surface area is 196 Å². The predicted octanol–water partition coefficient (Wildman–Crippen LogP) is 3.67. The molecule has 2 amide bonds. The predicted molar refractivity (Wildman–Crippen MR) is 127 cm³/mol. The number of aryl methyl sites for hydroxylation is 1. The third-order valence-corrected chi connectivity index (χ3v) is 7.02. The molecule has 9 nitrogen and oxygen atoms in total. The number of alkyl carbamates (subject to hydrolysis) is 1. The molecule has 174 valence electrons. The van der Waals surface area contributed by atoms with E-state index in [9.17, 15) is 9.59 Å². The van der Waals surface area contributed by atoms with Crippen molar-refractivity contribution in [3.05, 3.63) is 58.0 Å². The molecule has 0 spiro atoms. The number of pyridine rings is 1. The second-order valence-corrected chi connectivity index (χ2v) is 9.38. The van der Waals surface area contributed by atoms with Crippen LogP contribution in [0.5, 0.6) is 0 Å². The standard InChI is InChI=1S/C23H28N6O3S/c1-13(18-5-3-4-8-25-18)9-20(30)28-22-21(24)17-7-6-16(10-19(17)33-22)32-23(31)26-11-15-12-27-29-14(15)2/h3-5,8,12-13,16H,6-7,9-11,24H2,1-2H3,(H,26,31)(H,27,29)(H,28,30). The van der Waals surface area contributed by atoms with E-state index in [1.807, 2.05) is 32.0 Å². The molecule has 10 heteroatoms. The Morgan fingerprint density at radius 3 is 2.97 bits per heavy atom. The van der Waals surface area contributed by atoms with E-state index in [4.69, 9.17) is 10.5 Å². The summed E-state index contributed by atoms with van der Waals surface area (Å²) in [6, 6.07) is 5.69. The zero-order chi connectivity index (χ0) is 23.4. The van der Waals surface area contributed by atoms with Crippen molar-refractivity contribution in [1.29, 1.82) is 0 Å². The Morgan fingerprint density at radius 1 is 1.39 bits per heavy atom. The van der Waals surface area contributed by atoms with Gasteiger partial charge >= 0.3 is 6.09 Å². The second kappa shape index (κ2) is 10.0. The van der Waals surface area contributed by atoms with Crippen LogP contribution < -0.4 is 16.4 Å². The number of nitrogens with one attached hydrogen (secondary N) is 3. The van der Waals surface area contributed by atoms with Crippen LogP contribution in [0.2, 0.25) is 0 Å². The molecule has 0 radical (unpaired) electrons. The first-order valence-electron chi connectivity index (χ1n) is 10.9. The van der Waals surface area contributed by atoms with Crippen LogP contribution in [0.25, 0.3) is 0 Å². The number of aromatic nitrogens is 3. The molecule has 3 aromatic heterocycles. The van der Waals surface area contributed by atoms with Crippen LogP contribution in [-0.4, -0.2) is 33.3 Å². The van der Waals surface area contributed by atoms with Crippen LogP contribution in [0.4, 0.5) is 15.5 Å². The van der Waals surface area contributed by atoms with Gasteiger partial charge in [0, 0.05) is 53.8 Å². The minimum Gasteiger partial charge on any atom is -0.446 e. The van der Waals surface area contributed by atoms with Crippen molar-refractivity contribution in [2.75, 3.05) is 11.1 Å². The molecule has 1 aliphatic rings. The van der Waals surface area contributed by atoms with E-state index in [1.54, 1.807) is 12.4 Å². The van der Waals surface area contributed by atoms with E-state index < -0.39 is 6.09 Å². The maximum Gasteiger partial charge on any atom is 0.407 e. The maximum absolute atomic E-state index is 12.6. The lowest BCUT2D eigenvalue weighted by Crippen LogP contribution is -2.31. The van der Waals surface area contributed by atoms with Gasteiger partial charge in [0.15, 0.2) is 0 Å². The number of amides is 2. The van der Waals surface area contributed by atoms with E-state index in [-0.39, 0.29) is 17.9 Å². The molecule has 2 unspecified atom stereocenters. The van der Waals surface area contributed by atoms with Gasteiger partial charge in [0.05, 0.1) is 11.4 Å². The number of rotatable bonds is 7. The number of fused-ring (bicyclic) bond motifs is 1. The minimum absolute atomic E-state index is 0.00383. The molecule has 1 aliphatic carbocycles. The first kappa shape index (κ1) is 22.8. The van der Waals surface area contributed by atoms with Gasteiger partial charge in [-0.05, 0) is 37.5 Å². The average Bonchev–Trinajstić information content (AvgIpc) is 3.35. The maximum atomic E-state index is 12.6. The summed E-state index contributed by atoms with van der Waals surface area (Å²) < 4.78 is 5.61. The number of ether oxygens (including phenoxy) is 1. The highest BCUT2D eigenvalue weighted by Gasteiger charge is 2.27. The fraction of sp³-hybridized carbons (Fsp3) is 0.391. The van der Waals surface area contributed by atoms with Crippen LogP contribution in [0, 0.1) is 6.92 Å². The van der Waals surface area contributed by atoms with Gasteiger partial charge in [0.25, 0.3) is 0 Å². The SMILES string of the molecule is Cc1n[nH]cc1CNC(=O)OC1CCc2c(sc(NC(=O)CC(C)c3ccccn3)c2N)C1. The second-order valence-electron chi connectivity index (χ2n) is 8.27. The average molecular weight is 469 g/mol. The van der Waals surface area contributed by atoms with Gasteiger partial charge < -0.3 is 21.1 Å². The molecule has 4 rings (SSSR count). The lowest BCUT2D eigenvalue weighted by Gasteiger charge is -2.22. The fourth-order valence-corrected chi connectivity index (χ4v) is 5.17. The number of nitrogen functional groups attached to an aromatic ring is 1. The molecule has 0 bridgehead atoms. The highest BCUT2D eigenvalue weighted by molar-refractivity contribution is 7.17. The number of thiophene rings is 1. The van der Waals surface area contributed by atoms with Crippen LogP contribution in [-0.2, 0) is 28.9 Å². The number of hydrogen-bond acceptors (Lipinski definition) is 7. The van der Waals surface area contributed by atoms with Gasteiger partial charge in [-0.25, -0.2) is 4.79 Å². The lowest BCUT2D eigenvalue weighted by atomic mass is 9.95. The third kappa shape index (κ3) is 5.51. The Kier molecular flexibility index (Phi) is 6.93. The van der Waals surface area contributed by atoms with Crippen molar-refractivity contribution in [2.45, 2.75) is 58.1 Å². The summed E-state index contributed by atoms with van der Waals surface area (Å²) >= 11 is 1.46. The number of anilines is 2. The van der Waals surface area contributed by atoms with Crippen LogP contribution >= 0.6 is 11.3 Å². The summed E-state index contributed by atoms with van der Waals surface area (Å²) in [5, 5.41) is 13.2. The van der Waals surface area contributed by atoms with E-state index in [0.717, 1.165) is 27.4 Å². The third-order valence-electron chi connectivity index (χ3n) is 5.83. The normalized spacial score (nSPS) is 16.0. The Bertz CT molecular complexity index is 1130. The number of hydrogen-bond donors (Lipinski definition) is 4. The Morgan fingerprint density at radius 2 is 2.24 bits per heavy atom. The van der Waals surface area contributed by atoms with Crippen LogP contribution in [0.15, 0.2) is 30.6 Å². The van der Waals surface area contributed by atoms with E-state index >= 15 is 0 Å². The van der Waals surface area contributed by atoms with Crippen molar-refractivity contribution in [3.63, 3.8) is 0 Å². The molecular formula is C23H28N6O3S. The van der Waals surface area contributed by atoms with Crippen LogP contribution in [0.3, 0.4) is 0 Å². The number of nitrogens with zero attached hydrogens (tertiary/aromatic N) is 2. The first-order chi connectivity index (χ1) is 15.9. The van der Waals surface area contributed by atoms with Gasteiger partial charge in [0.2, 0.25) is 5.91 Å². The number of carbonyl (C=O) groups is 2. The Hall–Kier alpha value is -3.40. The topological polar surface area (TPSA) is 135 Å². The highest BCUT2D eigenvalue weighted by atomic mass is 32.1. The minimum atomic E-state index is -0.453. The van der Waals surface area contributed by atoms with Gasteiger partial charge in [0.1, 0.15) is 11.1 Å². The van der Waals surface area contributed by atoms with E-state index in [2.05, 4.69) is 25.8 Å². The van der Waals surface area contributed by atoms with E-state index in [1.165, 1.54) is 11.3 Å². The first-order valence-corrected chi connectivity index (χ1v) is 11.8. The zero-order valence-electron chi connectivity index (χ0n) is 18.7. The summed E-state index contributed by atoms with van der Waals surface area (Å²) in [6.07, 6.45) is 5.10. The van der Waals surface area contributed by atoms with Crippen molar-refractivity contribution in [3.8, 4) is 0 Å².